The largest absolute Gasteiger partial charge is 0.508 e. The number of phenolic OH excluding ortho intramolecular Hbond substituents is 1. The summed E-state index contributed by atoms with van der Waals surface area (Å²) in [4.78, 5) is 25.9. The maximum atomic E-state index is 13.2. The van der Waals surface area contributed by atoms with Gasteiger partial charge in [0, 0.05) is 23.1 Å². The van der Waals surface area contributed by atoms with Gasteiger partial charge in [0.2, 0.25) is 0 Å². The van der Waals surface area contributed by atoms with Crippen molar-refractivity contribution in [1.82, 2.24) is 0 Å². The second-order valence-electron chi connectivity index (χ2n) is 7.68. The van der Waals surface area contributed by atoms with Gasteiger partial charge < -0.3 is 20.1 Å². The van der Waals surface area contributed by atoms with Gasteiger partial charge in [0.15, 0.2) is 11.6 Å². The van der Waals surface area contributed by atoms with Crippen LogP contribution in [0.25, 0.3) is 0 Å². The zero-order valence-corrected chi connectivity index (χ0v) is 13.6. The molecule has 1 aliphatic heterocycles. The summed E-state index contributed by atoms with van der Waals surface area (Å²) in [5.41, 5.74) is -0.645. The highest BCUT2D eigenvalue weighted by molar-refractivity contribution is 6.11. The Hall–Kier alpha value is -2.02. The van der Waals surface area contributed by atoms with Crippen molar-refractivity contribution in [3.8, 4) is 5.75 Å². The number of hydrogen-bond acceptors (Lipinski definition) is 6. The summed E-state index contributed by atoms with van der Waals surface area (Å²) < 4.78 is 5.64. The normalized spacial score (nSPS) is 41.6. The van der Waals surface area contributed by atoms with Crippen LogP contribution in [0.5, 0.6) is 5.75 Å². The average molecular weight is 342 g/mol. The molecule has 4 aliphatic rings. The molecule has 3 aliphatic carbocycles. The van der Waals surface area contributed by atoms with Crippen LogP contribution < -0.4 is 0 Å². The lowest BCUT2D eigenvalue weighted by molar-refractivity contribution is -0.130. The van der Waals surface area contributed by atoms with E-state index in [1.807, 2.05) is 6.92 Å². The quantitative estimate of drug-likeness (QED) is 0.608. The molecule has 0 amide bonds. The Morgan fingerprint density at radius 1 is 1.24 bits per heavy atom. The molecule has 1 saturated heterocycles. The highest BCUT2D eigenvalue weighted by Crippen LogP contribution is 2.60. The lowest BCUT2D eigenvalue weighted by Gasteiger charge is -2.46. The summed E-state index contributed by atoms with van der Waals surface area (Å²) in [5.74, 6) is -1.82. The molecule has 1 fully saturated rings. The second kappa shape index (κ2) is 4.58. The fourth-order valence-electron chi connectivity index (χ4n) is 5.00. The van der Waals surface area contributed by atoms with Gasteiger partial charge in [-0.25, -0.2) is 0 Å². The minimum absolute atomic E-state index is 0.0150. The van der Waals surface area contributed by atoms with Gasteiger partial charge in [-0.05, 0) is 24.0 Å². The summed E-state index contributed by atoms with van der Waals surface area (Å²) >= 11 is 0. The van der Waals surface area contributed by atoms with E-state index in [0.717, 1.165) is 5.57 Å². The standard InChI is InChI=1S/C19H18O6/c1-7-5-9-12(11(21)6-7)14-15(22)8-3-2-4-10(20)13(8)17(23)19(14,24)18-16(9)25-18/h2-4,7,14,16-18,20,23-24H,5-6H2,1H3/t7-,14-,16+,17-,18+,19+/m0/s1. The SMILES string of the molecule is C[C@@H]1CC(=O)C2=C(C1)[C@H]1O[C@H]1[C@@]1(O)[C@@H]2C(=O)c2cccc(O)c2[C@@H]1O. The first-order valence-electron chi connectivity index (χ1n) is 8.53. The van der Waals surface area contributed by atoms with Gasteiger partial charge in [-0.1, -0.05) is 19.1 Å². The van der Waals surface area contributed by atoms with Crippen LogP contribution in [0, 0.1) is 11.8 Å². The summed E-state index contributed by atoms with van der Waals surface area (Å²) in [6.07, 6.45) is -1.69. The van der Waals surface area contributed by atoms with Crippen LogP contribution in [0.1, 0.15) is 41.8 Å². The Kier molecular flexibility index (Phi) is 2.79. The molecule has 130 valence electrons. The summed E-state index contributed by atoms with van der Waals surface area (Å²) in [6, 6.07) is 4.39. The number of hydrogen-bond donors (Lipinski definition) is 3. The lowest BCUT2D eigenvalue weighted by Crippen LogP contribution is -2.59. The van der Waals surface area contributed by atoms with Crippen LogP contribution in [0.15, 0.2) is 29.3 Å². The maximum absolute atomic E-state index is 13.2. The first-order valence-corrected chi connectivity index (χ1v) is 8.53. The van der Waals surface area contributed by atoms with E-state index in [4.69, 9.17) is 4.74 Å². The molecule has 25 heavy (non-hydrogen) atoms. The molecule has 0 spiro atoms. The predicted octanol–water partition coefficient (Wildman–Crippen LogP) is 1.05. The average Bonchev–Trinajstić information content (AvgIpc) is 3.35. The molecule has 0 aromatic heterocycles. The molecule has 6 atom stereocenters. The molecular weight excluding hydrogens is 324 g/mol. The zero-order valence-electron chi connectivity index (χ0n) is 13.6. The van der Waals surface area contributed by atoms with Gasteiger partial charge >= 0.3 is 0 Å². The van der Waals surface area contributed by atoms with Crippen LogP contribution in [0.2, 0.25) is 0 Å². The van der Waals surface area contributed by atoms with E-state index >= 15 is 0 Å². The fourth-order valence-corrected chi connectivity index (χ4v) is 5.00. The van der Waals surface area contributed by atoms with Crippen LogP contribution in [-0.4, -0.2) is 44.7 Å². The molecule has 1 heterocycles. The zero-order chi connectivity index (χ0) is 17.7. The van der Waals surface area contributed by atoms with Gasteiger partial charge in [0.05, 0.1) is 5.92 Å². The molecule has 0 bridgehead atoms. The third kappa shape index (κ3) is 1.69. The first kappa shape index (κ1) is 15.3. The third-order valence-corrected chi connectivity index (χ3v) is 6.11. The smallest absolute Gasteiger partial charge is 0.174 e. The van der Waals surface area contributed by atoms with Gasteiger partial charge in [-0.2, -0.15) is 0 Å². The number of epoxide rings is 1. The number of rotatable bonds is 0. The Labute approximate surface area is 143 Å². The molecule has 0 unspecified atom stereocenters. The Balaban J connectivity index is 1.77. The Bertz CT molecular complexity index is 871. The van der Waals surface area contributed by atoms with Crippen molar-refractivity contribution in [3.05, 3.63) is 40.5 Å². The van der Waals surface area contributed by atoms with Gasteiger partial charge in [0.1, 0.15) is 29.7 Å². The van der Waals surface area contributed by atoms with E-state index in [9.17, 15) is 24.9 Å². The number of aliphatic hydroxyl groups excluding tert-OH is 1. The van der Waals surface area contributed by atoms with Crippen LogP contribution in [-0.2, 0) is 9.53 Å². The highest BCUT2D eigenvalue weighted by Gasteiger charge is 2.71. The molecule has 0 saturated carbocycles. The molecular formula is C19H18O6. The van der Waals surface area contributed by atoms with E-state index < -0.39 is 35.6 Å². The maximum Gasteiger partial charge on any atom is 0.174 e. The number of aliphatic hydroxyl groups is 2. The minimum atomic E-state index is -1.93. The van der Waals surface area contributed by atoms with E-state index in [1.54, 1.807) is 0 Å². The third-order valence-electron chi connectivity index (χ3n) is 6.11. The monoisotopic (exact) mass is 342 g/mol. The lowest BCUT2D eigenvalue weighted by atomic mass is 9.58. The summed E-state index contributed by atoms with van der Waals surface area (Å²) in [6.45, 7) is 1.98. The molecule has 6 nitrogen and oxygen atoms in total. The first-order chi connectivity index (χ1) is 11.9. The van der Waals surface area contributed by atoms with Crippen LogP contribution in [0.3, 0.4) is 0 Å². The minimum Gasteiger partial charge on any atom is -0.508 e. The number of aromatic hydroxyl groups is 1. The Morgan fingerprint density at radius 2 is 2.00 bits per heavy atom. The molecule has 3 N–H and O–H groups in total. The van der Waals surface area contributed by atoms with Crippen molar-refractivity contribution in [3.63, 3.8) is 0 Å². The van der Waals surface area contributed by atoms with E-state index in [-0.39, 0.29) is 28.6 Å². The second-order valence-corrected chi connectivity index (χ2v) is 7.68. The number of carbonyl (C=O) groups excluding carboxylic acids is 2. The number of carbonyl (C=O) groups is 2. The highest BCUT2D eigenvalue weighted by atomic mass is 16.6. The van der Waals surface area contributed by atoms with Crippen molar-refractivity contribution in [1.29, 1.82) is 0 Å². The van der Waals surface area contributed by atoms with Crippen molar-refractivity contribution < 1.29 is 29.6 Å². The number of ketones is 2. The van der Waals surface area contributed by atoms with Crippen LogP contribution >= 0.6 is 0 Å². The number of phenols is 1. The molecule has 0 radical (unpaired) electrons. The predicted molar refractivity (Wildman–Crippen MR) is 84.9 cm³/mol. The fraction of sp³-hybridized carbons (Fsp3) is 0.474. The van der Waals surface area contributed by atoms with Crippen molar-refractivity contribution in [2.75, 3.05) is 0 Å². The van der Waals surface area contributed by atoms with E-state index in [2.05, 4.69) is 0 Å². The molecule has 1 aromatic carbocycles. The van der Waals surface area contributed by atoms with Gasteiger partial charge in [-0.3, -0.25) is 9.59 Å². The van der Waals surface area contributed by atoms with E-state index in [0.29, 0.717) is 18.4 Å². The van der Waals surface area contributed by atoms with E-state index in [1.165, 1.54) is 18.2 Å². The molecule has 1 aromatic rings. The topological polar surface area (TPSA) is 107 Å². The summed E-state index contributed by atoms with van der Waals surface area (Å²) in [7, 11) is 0. The van der Waals surface area contributed by atoms with Crippen molar-refractivity contribution in [2.45, 2.75) is 43.7 Å². The number of Topliss-reactive ketones (excluding diaryl/α,β-unsaturated/α-hetero) is 2. The summed E-state index contributed by atoms with van der Waals surface area (Å²) in [5, 5.41) is 32.3. The van der Waals surface area contributed by atoms with Crippen molar-refractivity contribution in [2.24, 2.45) is 11.8 Å². The van der Waals surface area contributed by atoms with Gasteiger partial charge in [-0.15, -0.1) is 0 Å². The number of benzene rings is 1. The van der Waals surface area contributed by atoms with Gasteiger partial charge in [0.25, 0.3) is 0 Å². The van der Waals surface area contributed by atoms with Crippen LogP contribution in [0.4, 0.5) is 0 Å². The van der Waals surface area contributed by atoms with Crippen molar-refractivity contribution >= 4 is 11.6 Å². The number of fused-ring (bicyclic) bond motifs is 6. The molecule has 6 heteroatoms. The number of ether oxygens (including phenoxy) is 1. The molecule has 5 rings (SSSR count). The Morgan fingerprint density at radius 3 is 2.76 bits per heavy atom.